The molecule has 1 heterocycles. The van der Waals surface area contributed by atoms with Gasteiger partial charge in [0, 0.05) is 24.5 Å². The first kappa shape index (κ1) is 25.1. The molecule has 0 aromatic carbocycles. The van der Waals surface area contributed by atoms with E-state index in [1.54, 1.807) is 0 Å². The Morgan fingerprint density at radius 2 is 1.59 bits per heavy atom. The molecule has 0 amide bonds. The van der Waals surface area contributed by atoms with Crippen LogP contribution in [0.2, 0.25) is 18.1 Å². The van der Waals surface area contributed by atoms with E-state index in [9.17, 15) is 10.2 Å². The standard InChI is InChI=1S/C26H48O5Si/c1-23(2,3)32(6,7)31-19-8-11-24(4,18(16-19)17-27)20-9-12-25(5)21(22(20)28)10-13-26(25)29-14-15-30-26/h18-22,27-28H,8-17H2,1-7H3/t18-,19?,20+,21+,22-,24+,25+/m1/s1. The zero-order chi connectivity index (χ0) is 23.6. The number of hydrogen-bond acceptors (Lipinski definition) is 5. The van der Waals surface area contributed by atoms with Crippen LogP contribution in [0.5, 0.6) is 0 Å². The van der Waals surface area contributed by atoms with E-state index in [1.165, 1.54) is 0 Å². The van der Waals surface area contributed by atoms with Gasteiger partial charge in [0.1, 0.15) is 0 Å². The minimum Gasteiger partial charge on any atom is -0.414 e. The smallest absolute Gasteiger partial charge is 0.192 e. The van der Waals surface area contributed by atoms with E-state index in [0.717, 1.165) is 44.9 Å². The molecule has 7 atom stereocenters. The Kier molecular flexibility index (Phi) is 6.52. The van der Waals surface area contributed by atoms with Gasteiger partial charge in [-0.15, -0.1) is 0 Å². The molecule has 3 aliphatic carbocycles. The summed E-state index contributed by atoms with van der Waals surface area (Å²) >= 11 is 0. The summed E-state index contributed by atoms with van der Waals surface area (Å²) < 4.78 is 19.1. The van der Waals surface area contributed by atoms with Gasteiger partial charge in [-0.1, -0.05) is 34.6 Å². The quantitative estimate of drug-likeness (QED) is 0.562. The van der Waals surface area contributed by atoms with Gasteiger partial charge >= 0.3 is 0 Å². The summed E-state index contributed by atoms with van der Waals surface area (Å²) in [6, 6.07) is 0. The largest absolute Gasteiger partial charge is 0.414 e. The minimum atomic E-state index is -1.84. The summed E-state index contributed by atoms with van der Waals surface area (Å²) in [5.41, 5.74) is -0.178. The molecule has 4 fully saturated rings. The second-order valence-electron chi connectivity index (χ2n) is 13.3. The lowest BCUT2D eigenvalue weighted by molar-refractivity contribution is -0.250. The Bertz CT molecular complexity index is 684. The molecule has 3 saturated carbocycles. The van der Waals surface area contributed by atoms with Crippen molar-refractivity contribution in [2.75, 3.05) is 19.8 Å². The Balaban J connectivity index is 1.49. The Hall–Kier alpha value is 0.0169. The molecule has 5 nitrogen and oxygen atoms in total. The fourth-order valence-corrected chi connectivity index (χ4v) is 8.96. The van der Waals surface area contributed by atoms with Gasteiger partial charge in [0.05, 0.1) is 19.3 Å². The molecule has 6 heteroatoms. The van der Waals surface area contributed by atoms with Crippen molar-refractivity contribution in [1.82, 2.24) is 0 Å². The highest BCUT2D eigenvalue weighted by Gasteiger charge is 2.66. The van der Waals surface area contributed by atoms with Crippen molar-refractivity contribution in [2.45, 2.75) is 116 Å². The molecular formula is C26H48O5Si. The minimum absolute atomic E-state index is 0.0596. The lowest BCUT2D eigenvalue weighted by Gasteiger charge is -2.57. The van der Waals surface area contributed by atoms with Gasteiger partial charge in [-0.25, -0.2) is 0 Å². The first-order valence-electron chi connectivity index (χ1n) is 13.0. The molecule has 0 radical (unpaired) electrons. The zero-order valence-electron chi connectivity index (χ0n) is 21.6. The number of aliphatic hydroxyl groups excluding tert-OH is 2. The van der Waals surface area contributed by atoms with Gasteiger partial charge in [0.25, 0.3) is 0 Å². The van der Waals surface area contributed by atoms with Crippen LogP contribution in [0, 0.1) is 28.6 Å². The van der Waals surface area contributed by atoms with E-state index < -0.39 is 14.1 Å². The van der Waals surface area contributed by atoms with Crippen LogP contribution < -0.4 is 0 Å². The van der Waals surface area contributed by atoms with Gasteiger partial charge in [-0.2, -0.15) is 0 Å². The van der Waals surface area contributed by atoms with Crippen molar-refractivity contribution in [3.63, 3.8) is 0 Å². The summed E-state index contributed by atoms with van der Waals surface area (Å²) in [5.74, 6) is 0.0967. The van der Waals surface area contributed by atoms with Crippen molar-refractivity contribution >= 4 is 8.32 Å². The lowest BCUT2D eigenvalue weighted by atomic mass is 9.51. The summed E-state index contributed by atoms with van der Waals surface area (Å²) in [5, 5.41) is 22.4. The van der Waals surface area contributed by atoms with E-state index in [-0.39, 0.29) is 52.4 Å². The third kappa shape index (κ3) is 3.76. The molecule has 4 aliphatic rings. The highest BCUT2D eigenvalue weighted by molar-refractivity contribution is 6.74. The molecular weight excluding hydrogens is 420 g/mol. The zero-order valence-corrected chi connectivity index (χ0v) is 22.6. The van der Waals surface area contributed by atoms with Crippen LogP contribution in [0.4, 0.5) is 0 Å². The third-order valence-corrected chi connectivity index (χ3v) is 15.4. The van der Waals surface area contributed by atoms with E-state index in [2.05, 4.69) is 47.7 Å². The van der Waals surface area contributed by atoms with E-state index in [1.807, 2.05) is 0 Å². The van der Waals surface area contributed by atoms with Gasteiger partial charge < -0.3 is 24.1 Å². The maximum absolute atomic E-state index is 11.7. The molecule has 1 saturated heterocycles. The molecule has 186 valence electrons. The predicted molar refractivity (Wildman–Crippen MR) is 129 cm³/mol. The van der Waals surface area contributed by atoms with Gasteiger partial charge in [0.15, 0.2) is 14.1 Å². The number of aliphatic hydroxyl groups is 2. The first-order chi connectivity index (χ1) is 14.8. The fraction of sp³-hybridized carbons (Fsp3) is 1.00. The van der Waals surface area contributed by atoms with Crippen molar-refractivity contribution in [3.05, 3.63) is 0 Å². The Morgan fingerprint density at radius 1 is 0.969 bits per heavy atom. The highest BCUT2D eigenvalue weighted by Crippen LogP contribution is 2.64. The van der Waals surface area contributed by atoms with Gasteiger partial charge in [0.2, 0.25) is 0 Å². The molecule has 0 aromatic rings. The molecule has 0 aromatic heterocycles. The van der Waals surface area contributed by atoms with Crippen LogP contribution in [-0.2, 0) is 13.9 Å². The van der Waals surface area contributed by atoms with Gasteiger partial charge in [-0.3, -0.25) is 0 Å². The fourth-order valence-electron chi connectivity index (χ4n) is 7.56. The molecule has 0 bridgehead atoms. The maximum atomic E-state index is 11.7. The normalized spacial score (nSPS) is 44.7. The lowest BCUT2D eigenvalue weighted by Crippen LogP contribution is -2.58. The topological polar surface area (TPSA) is 68.2 Å². The Labute approximate surface area is 196 Å². The maximum Gasteiger partial charge on any atom is 0.192 e. The number of fused-ring (bicyclic) bond motifs is 2. The Morgan fingerprint density at radius 3 is 2.19 bits per heavy atom. The summed E-state index contributed by atoms with van der Waals surface area (Å²) in [6.07, 6.45) is 6.66. The van der Waals surface area contributed by atoms with Crippen molar-refractivity contribution in [2.24, 2.45) is 28.6 Å². The molecule has 4 rings (SSSR count). The van der Waals surface area contributed by atoms with Crippen LogP contribution in [-0.4, -0.2) is 56.3 Å². The van der Waals surface area contributed by atoms with Crippen molar-refractivity contribution < 1.29 is 24.1 Å². The third-order valence-electron chi connectivity index (χ3n) is 10.8. The first-order valence-corrected chi connectivity index (χ1v) is 16.0. The molecule has 1 aliphatic heterocycles. The van der Waals surface area contributed by atoms with Crippen LogP contribution in [0.25, 0.3) is 0 Å². The van der Waals surface area contributed by atoms with Gasteiger partial charge in [-0.05, 0) is 79.8 Å². The van der Waals surface area contributed by atoms with Crippen molar-refractivity contribution in [1.29, 1.82) is 0 Å². The number of hydrogen-bond donors (Lipinski definition) is 2. The number of ether oxygens (including phenoxy) is 2. The van der Waals surface area contributed by atoms with Crippen LogP contribution in [0.1, 0.15) is 79.6 Å². The SMILES string of the molecule is CC(C)(C)[Si](C)(C)OC1CC[C@](C)([C@H]2CC[C@@]3(C)[C@@H](CCC34OCCO4)[C@@H]2O)[C@@H](CO)C1. The van der Waals surface area contributed by atoms with Crippen LogP contribution >= 0.6 is 0 Å². The molecule has 1 spiro atoms. The average molecular weight is 469 g/mol. The van der Waals surface area contributed by atoms with Crippen molar-refractivity contribution in [3.8, 4) is 0 Å². The predicted octanol–water partition coefficient (Wildman–Crippen LogP) is 5.11. The van der Waals surface area contributed by atoms with Crippen LogP contribution in [0.15, 0.2) is 0 Å². The summed E-state index contributed by atoms with van der Waals surface area (Å²) in [6.45, 7) is 17.6. The summed E-state index contributed by atoms with van der Waals surface area (Å²) in [4.78, 5) is 0. The second-order valence-corrected chi connectivity index (χ2v) is 18.1. The highest BCUT2D eigenvalue weighted by atomic mass is 28.4. The molecule has 2 N–H and O–H groups in total. The molecule has 1 unspecified atom stereocenters. The summed E-state index contributed by atoms with van der Waals surface area (Å²) in [7, 11) is -1.84. The second kappa shape index (κ2) is 8.30. The number of rotatable bonds is 4. The van der Waals surface area contributed by atoms with E-state index >= 15 is 0 Å². The van der Waals surface area contributed by atoms with Crippen LogP contribution in [0.3, 0.4) is 0 Å². The van der Waals surface area contributed by atoms with E-state index in [4.69, 9.17) is 13.9 Å². The average Bonchev–Trinajstić information content (AvgIpc) is 3.29. The van der Waals surface area contributed by atoms with E-state index in [0.29, 0.717) is 13.2 Å². The monoisotopic (exact) mass is 468 g/mol. The molecule has 32 heavy (non-hydrogen) atoms.